The van der Waals surface area contributed by atoms with Gasteiger partial charge in [-0.15, -0.1) is 0 Å². The molecule has 1 aromatic carbocycles. The number of nitrogens with one attached hydrogen (secondary N) is 1. The largest absolute Gasteiger partial charge is 0.493 e. The number of likely N-dealkylation sites (tertiary alicyclic amines) is 1. The number of benzene rings is 1. The molecule has 1 saturated heterocycles. The highest BCUT2D eigenvalue weighted by atomic mass is 16.5. The minimum Gasteiger partial charge on any atom is -0.493 e. The summed E-state index contributed by atoms with van der Waals surface area (Å²) in [4.78, 5) is 19.3. The summed E-state index contributed by atoms with van der Waals surface area (Å²) in [6.07, 6.45) is 9.66. The average molecular weight is 438 g/mol. The summed E-state index contributed by atoms with van der Waals surface area (Å²) >= 11 is 0. The van der Waals surface area contributed by atoms with E-state index >= 15 is 0 Å². The standard InChI is InChI=1S/C27H37N3O2.H2/c1-20(22-5-3-4-6-22)29-27(31)17-25-10-7-24(18-28-25)23-8-11-26(12-9-23)32-19-21-13-15-30(2)16-14-21;/h7-12,18,20-22H,3-6,13-17,19H2,1-2H3,(H,29,31);1H/t20-;/m1./s1. The van der Waals surface area contributed by atoms with Crippen molar-refractivity contribution in [2.24, 2.45) is 11.8 Å². The molecule has 0 spiro atoms. The zero-order valence-corrected chi connectivity index (χ0v) is 19.6. The number of rotatable bonds is 8. The topological polar surface area (TPSA) is 54.5 Å². The Bertz CT molecular complexity index is 858. The fourth-order valence-electron chi connectivity index (χ4n) is 4.93. The molecule has 1 N–H and O–H groups in total. The van der Waals surface area contributed by atoms with E-state index in [2.05, 4.69) is 41.3 Å². The molecule has 0 radical (unpaired) electrons. The van der Waals surface area contributed by atoms with Gasteiger partial charge in [-0.05, 0) is 88.3 Å². The van der Waals surface area contributed by atoms with E-state index in [-0.39, 0.29) is 13.4 Å². The second-order valence-corrected chi connectivity index (χ2v) is 9.70. The van der Waals surface area contributed by atoms with Crippen molar-refractivity contribution in [2.75, 3.05) is 26.7 Å². The average Bonchev–Trinajstić information content (AvgIpc) is 3.35. The zero-order chi connectivity index (χ0) is 22.3. The highest BCUT2D eigenvalue weighted by Gasteiger charge is 2.23. The fourth-order valence-corrected chi connectivity index (χ4v) is 4.93. The van der Waals surface area contributed by atoms with Gasteiger partial charge in [0.2, 0.25) is 5.91 Å². The number of amides is 1. The van der Waals surface area contributed by atoms with Gasteiger partial charge in [-0.25, -0.2) is 0 Å². The molecule has 1 aliphatic heterocycles. The van der Waals surface area contributed by atoms with Gasteiger partial charge in [0.05, 0.1) is 13.0 Å². The number of carbonyl (C=O) groups is 1. The summed E-state index contributed by atoms with van der Waals surface area (Å²) in [7, 11) is 2.18. The van der Waals surface area contributed by atoms with Gasteiger partial charge in [0.25, 0.3) is 0 Å². The number of hydrogen-bond acceptors (Lipinski definition) is 4. The molecular formula is C27H39N3O2. The first-order valence-electron chi connectivity index (χ1n) is 12.2. The number of pyridine rings is 1. The number of ether oxygens (including phenoxy) is 1. The van der Waals surface area contributed by atoms with Crippen LogP contribution in [0.3, 0.4) is 0 Å². The maximum atomic E-state index is 12.4. The van der Waals surface area contributed by atoms with Crippen LogP contribution in [0.5, 0.6) is 5.75 Å². The maximum absolute atomic E-state index is 12.4. The van der Waals surface area contributed by atoms with Gasteiger partial charge < -0.3 is 15.0 Å². The molecule has 4 rings (SSSR count). The van der Waals surface area contributed by atoms with E-state index < -0.39 is 0 Å². The molecule has 2 heterocycles. The van der Waals surface area contributed by atoms with Gasteiger partial charge in [-0.1, -0.05) is 31.0 Å². The van der Waals surface area contributed by atoms with E-state index in [0.717, 1.165) is 42.3 Å². The molecule has 2 fully saturated rings. The van der Waals surface area contributed by atoms with Gasteiger partial charge in [-0.2, -0.15) is 0 Å². The first kappa shape index (κ1) is 22.8. The van der Waals surface area contributed by atoms with Crippen LogP contribution in [-0.2, 0) is 11.2 Å². The van der Waals surface area contributed by atoms with Crippen LogP contribution in [0.4, 0.5) is 0 Å². The Kier molecular flexibility index (Phi) is 7.80. The summed E-state index contributed by atoms with van der Waals surface area (Å²) in [5, 5.41) is 3.17. The smallest absolute Gasteiger partial charge is 0.226 e. The molecule has 5 nitrogen and oxygen atoms in total. The van der Waals surface area contributed by atoms with Crippen molar-refractivity contribution in [3.8, 4) is 16.9 Å². The summed E-state index contributed by atoms with van der Waals surface area (Å²) in [5.74, 6) is 2.27. The third-order valence-electron chi connectivity index (χ3n) is 7.17. The minimum atomic E-state index is 0. The van der Waals surface area contributed by atoms with Crippen molar-refractivity contribution >= 4 is 5.91 Å². The Hall–Kier alpha value is -2.40. The van der Waals surface area contributed by atoms with E-state index in [1.165, 1.54) is 38.5 Å². The van der Waals surface area contributed by atoms with Gasteiger partial charge >= 0.3 is 0 Å². The van der Waals surface area contributed by atoms with Crippen LogP contribution < -0.4 is 10.1 Å². The van der Waals surface area contributed by atoms with Crippen LogP contribution in [0, 0.1) is 11.8 Å². The molecule has 1 aliphatic carbocycles. The molecule has 174 valence electrons. The SMILES string of the molecule is C[C@@H](NC(=O)Cc1ccc(-c2ccc(OCC3CCN(C)CC3)cc2)cn1)C1CCCC1.[HH]. The second-order valence-electron chi connectivity index (χ2n) is 9.70. The lowest BCUT2D eigenvalue weighted by Crippen LogP contribution is -2.38. The van der Waals surface area contributed by atoms with Gasteiger partial charge in [0.15, 0.2) is 0 Å². The highest BCUT2D eigenvalue weighted by Crippen LogP contribution is 2.27. The highest BCUT2D eigenvalue weighted by molar-refractivity contribution is 5.78. The van der Waals surface area contributed by atoms with Gasteiger partial charge in [0, 0.05) is 24.9 Å². The quantitative estimate of drug-likeness (QED) is 0.635. The van der Waals surface area contributed by atoms with Crippen LogP contribution in [0.1, 0.15) is 52.6 Å². The molecule has 2 aromatic rings. The Morgan fingerprint density at radius 2 is 1.78 bits per heavy atom. The lowest BCUT2D eigenvalue weighted by atomic mass is 9.98. The minimum absolute atomic E-state index is 0. The fraction of sp³-hybridized carbons (Fsp3) is 0.556. The monoisotopic (exact) mass is 437 g/mol. The number of nitrogens with zero attached hydrogens (tertiary/aromatic N) is 2. The molecular weight excluding hydrogens is 398 g/mol. The lowest BCUT2D eigenvalue weighted by molar-refractivity contribution is -0.121. The van der Waals surface area contributed by atoms with Crippen LogP contribution in [0.25, 0.3) is 11.1 Å². The Labute approximate surface area is 194 Å². The molecule has 32 heavy (non-hydrogen) atoms. The van der Waals surface area contributed by atoms with E-state index in [4.69, 9.17) is 4.74 Å². The van der Waals surface area contributed by atoms with E-state index in [1.54, 1.807) is 0 Å². The Balaban J connectivity index is 0.00000306. The third-order valence-corrected chi connectivity index (χ3v) is 7.17. The van der Waals surface area contributed by atoms with Crippen molar-refractivity contribution < 1.29 is 11.0 Å². The lowest BCUT2D eigenvalue weighted by Gasteiger charge is -2.28. The predicted octanol–water partition coefficient (Wildman–Crippen LogP) is 4.95. The number of carbonyl (C=O) groups excluding carboxylic acids is 1. The Morgan fingerprint density at radius 3 is 2.44 bits per heavy atom. The van der Waals surface area contributed by atoms with E-state index in [1.807, 2.05) is 30.5 Å². The zero-order valence-electron chi connectivity index (χ0n) is 19.6. The summed E-state index contributed by atoms with van der Waals surface area (Å²) < 4.78 is 6.02. The van der Waals surface area contributed by atoms with Gasteiger partial charge in [-0.3, -0.25) is 9.78 Å². The summed E-state index contributed by atoms with van der Waals surface area (Å²) in [5.41, 5.74) is 2.97. The van der Waals surface area contributed by atoms with Crippen LogP contribution in [-0.4, -0.2) is 48.6 Å². The normalized spacial score (nSPS) is 19.1. The first-order valence-corrected chi connectivity index (χ1v) is 12.2. The van der Waals surface area contributed by atoms with Crippen molar-refractivity contribution in [1.29, 1.82) is 0 Å². The van der Waals surface area contributed by atoms with Crippen molar-refractivity contribution in [3.05, 3.63) is 48.3 Å². The molecule has 5 heteroatoms. The molecule has 1 aromatic heterocycles. The van der Waals surface area contributed by atoms with Crippen LogP contribution >= 0.6 is 0 Å². The maximum Gasteiger partial charge on any atom is 0.226 e. The van der Waals surface area contributed by atoms with Gasteiger partial charge in [0.1, 0.15) is 5.75 Å². The van der Waals surface area contributed by atoms with Crippen LogP contribution in [0.15, 0.2) is 42.6 Å². The first-order chi connectivity index (χ1) is 15.6. The third kappa shape index (κ3) is 6.32. The molecule has 2 aliphatic rings. The Morgan fingerprint density at radius 1 is 1.09 bits per heavy atom. The summed E-state index contributed by atoms with van der Waals surface area (Å²) in [6.45, 7) is 5.25. The van der Waals surface area contributed by atoms with E-state index in [9.17, 15) is 4.79 Å². The molecule has 0 unspecified atom stereocenters. The second kappa shape index (κ2) is 11.0. The van der Waals surface area contributed by atoms with E-state index in [0.29, 0.717) is 18.3 Å². The molecule has 1 saturated carbocycles. The molecule has 1 atom stereocenters. The van der Waals surface area contributed by atoms with Crippen molar-refractivity contribution in [2.45, 2.75) is 57.9 Å². The number of piperidine rings is 1. The van der Waals surface area contributed by atoms with Crippen molar-refractivity contribution in [3.63, 3.8) is 0 Å². The number of hydrogen-bond donors (Lipinski definition) is 1. The molecule has 1 amide bonds. The number of aromatic nitrogens is 1. The van der Waals surface area contributed by atoms with Crippen LogP contribution in [0.2, 0.25) is 0 Å². The summed E-state index contributed by atoms with van der Waals surface area (Å²) in [6, 6.07) is 12.5. The molecule has 0 bridgehead atoms. The van der Waals surface area contributed by atoms with Crippen molar-refractivity contribution in [1.82, 2.24) is 15.2 Å². The predicted molar refractivity (Wildman–Crippen MR) is 131 cm³/mol.